The van der Waals surface area contributed by atoms with Crippen molar-refractivity contribution in [2.45, 2.75) is 94.4 Å². The monoisotopic (exact) mass is 258 g/mol. The Bertz CT molecular complexity index is 126. The third-order valence-corrected chi connectivity index (χ3v) is 3.37. The Morgan fingerprint density at radius 1 is 0.833 bits per heavy atom. The number of hydrogen-bond acceptors (Lipinski definition) is 0. The van der Waals surface area contributed by atoms with E-state index in [1.54, 1.807) is 0 Å². The van der Waals surface area contributed by atoms with Gasteiger partial charge in [-0.3, -0.25) is 0 Å². The fraction of sp³-hybridized carbons (Fsp3) is 0.889. The molecule has 0 bridgehead atoms. The summed E-state index contributed by atoms with van der Waals surface area (Å²) >= 11 is 0. The predicted molar refractivity (Wildman–Crippen MR) is 91.3 cm³/mol. The van der Waals surface area contributed by atoms with Gasteiger partial charge >= 0.3 is 0 Å². The van der Waals surface area contributed by atoms with Crippen LogP contribution < -0.4 is 0 Å². The minimum absolute atomic E-state index is 0. The lowest BCUT2D eigenvalue weighted by Gasteiger charge is -2.22. The van der Waals surface area contributed by atoms with Crippen LogP contribution in [0, 0.1) is 11.8 Å². The third kappa shape index (κ3) is 18.1. The van der Waals surface area contributed by atoms with Crippen molar-refractivity contribution < 1.29 is 0 Å². The van der Waals surface area contributed by atoms with Gasteiger partial charge in [0.15, 0.2) is 0 Å². The summed E-state index contributed by atoms with van der Waals surface area (Å²) in [6.45, 7) is 10.1. The lowest BCUT2D eigenvalue weighted by atomic mass is 9.84. The molecule has 0 atom stereocenters. The van der Waals surface area contributed by atoms with E-state index in [9.17, 15) is 0 Å². The maximum atomic E-state index is 3.48. The molecule has 0 aromatic rings. The predicted octanol–water partition coefficient (Wildman–Crippen LogP) is 7.49. The molecule has 0 heteroatoms. The van der Waals surface area contributed by atoms with Gasteiger partial charge in [0.25, 0.3) is 0 Å². The van der Waals surface area contributed by atoms with Crippen molar-refractivity contribution >= 4 is 0 Å². The molecule has 0 nitrogen and oxygen atoms in total. The van der Waals surface area contributed by atoms with Crippen molar-refractivity contribution in [3.05, 3.63) is 12.7 Å². The van der Waals surface area contributed by atoms with E-state index >= 15 is 0 Å². The third-order valence-electron chi connectivity index (χ3n) is 3.37. The molecule has 2 aliphatic carbocycles. The molecule has 0 aromatic carbocycles. The van der Waals surface area contributed by atoms with Gasteiger partial charge in [-0.15, -0.1) is 6.58 Å². The van der Waals surface area contributed by atoms with Crippen LogP contribution in [0.15, 0.2) is 12.7 Å². The minimum atomic E-state index is 0. The highest BCUT2D eigenvalue weighted by Crippen LogP contribution is 2.31. The van der Waals surface area contributed by atoms with Crippen molar-refractivity contribution in [1.82, 2.24) is 0 Å². The summed E-state index contributed by atoms with van der Waals surface area (Å²) in [5, 5.41) is 0. The SMILES string of the molecule is C.C.C.C=CCC.CCC1CC1.CCC1CCC1. The Hall–Kier alpha value is -0.260. The van der Waals surface area contributed by atoms with Crippen LogP contribution in [0.2, 0.25) is 0 Å². The second-order valence-corrected chi connectivity index (χ2v) is 4.75. The number of hydrogen-bond donors (Lipinski definition) is 0. The van der Waals surface area contributed by atoms with Gasteiger partial charge in [-0.1, -0.05) is 94.1 Å². The van der Waals surface area contributed by atoms with E-state index in [1.807, 2.05) is 6.08 Å². The van der Waals surface area contributed by atoms with Crippen molar-refractivity contribution in [3.63, 3.8) is 0 Å². The van der Waals surface area contributed by atoms with E-state index in [-0.39, 0.29) is 22.3 Å². The van der Waals surface area contributed by atoms with Gasteiger partial charge in [-0.2, -0.15) is 0 Å². The van der Waals surface area contributed by atoms with Crippen LogP contribution in [0.4, 0.5) is 0 Å². The summed E-state index contributed by atoms with van der Waals surface area (Å²) in [6, 6.07) is 0. The molecule has 2 fully saturated rings. The van der Waals surface area contributed by atoms with E-state index in [2.05, 4.69) is 27.4 Å². The van der Waals surface area contributed by atoms with Crippen LogP contribution in [0.5, 0.6) is 0 Å². The molecular formula is C18H42. The second kappa shape index (κ2) is 19.1. The normalized spacial score (nSPS) is 15.7. The first-order valence-electron chi connectivity index (χ1n) is 6.89. The molecule has 18 heavy (non-hydrogen) atoms. The Morgan fingerprint density at radius 3 is 1.17 bits per heavy atom. The largest absolute Gasteiger partial charge is 0.103 e. The summed E-state index contributed by atoms with van der Waals surface area (Å²) < 4.78 is 0. The zero-order valence-electron chi connectivity index (χ0n) is 11.1. The van der Waals surface area contributed by atoms with Gasteiger partial charge in [-0.05, 0) is 18.3 Å². The first kappa shape index (κ1) is 26.3. The highest BCUT2D eigenvalue weighted by atomic mass is 14.2. The quantitative estimate of drug-likeness (QED) is 0.460. The smallest absolute Gasteiger partial charge is 0.0382 e. The highest BCUT2D eigenvalue weighted by Gasteiger charge is 2.17. The lowest BCUT2D eigenvalue weighted by molar-refractivity contribution is 0.307. The molecule has 0 amide bonds. The zero-order valence-corrected chi connectivity index (χ0v) is 11.1. The maximum Gasteiger partial charge on any atom is -0.0382 e. The Balaban J connectivity index is -0.0000000769. The van der Waals surface area contributed by atoms with E-state index in [1.165, 1.54) is 44.9 Å². The first-order valence-corrected chi connectivity index (χ1v) is 6.89. The van der Waals surface area contributed by atoms with E-state index in [0.29, 0.717) is 0 Å². The summed E-state index contributed by atoms with van der Waals surface area (Å²) in [5.74, 6) is 2.25. The van der Waals surface area contributed by atoms with Crippen LogP contribution in [-0.2, 0) is 0 Å². The van der Waals surface area contributed by atoms with Crippen molar-refractivity contribution in [1.29, 1.82) is 0 Å². The summed E-state index contributed by atoms with van der Waals surface area (Å²) in [7, 11) is 0. The molecule has 114 valence electrons. The fourth-order valence-corrected chi connectivity index (χ4v) is 1.43. The van der Waals surface area contributed by atoms with Gasteiger partial charge in [0.05, 0.1) is 0 Å². The molecule has 0 aliphatic heterocycles. The summed E-state index contributed by atoms with van der Waals surface area (Å²) in [6.07, 6.45) is 13.3. The van der Waals surface area contributed by atoms with Crippen LogP contribution in [0.1, 0.15) is 94.4 Å². The topological polar surface area (TPSA) is 0 Å². The zero-order chi connectivity index (χ0) is 11.5. The van der Waals surface area contributed by atoms with Gasteiger partial charge in [0.2, 0.25) is 0 Å². The molecule has 2 rings (SSSR count). The number of rotatable bonds is 3. The Morgan fingerprint density at radius 2 is 1.17 bits per heavy atom. The minimum Gasteiger partial charge on any atom is -0.103 e. The Labute approximate surface area is 119 Å². The molecule has 0 saturated heterocycles. The average Bonchev–Trinajstić information content (AvgIpc) is 3.00. The van der Waals surface area contributed by atoms with E-state index in [0.717, 1.165) is 18.3 Å². The Kier molecular flexibility index (Phi) is 27.9. The average molecular weight is 259 g/mol. The van der Waals surface area contributed by atoms with Crippen LogP contribution in [0.25, 0.3) is 0 Å². The molecule has 0 heterocycles. The van der Waals surface area contributed by atoms with Gasteiger partial charge in [0, 0.05) is 0 Å². The molecule has 0 N–H and O–H groups in total. The molecular weight excluding hydrogens is 216 g/mol. The summed E-state index contributed by atoms with van der Waals surface area (Å²) in [4.78, 5) is 0. The molecule has 2 aliphatic rings. The van der Waals surface area contributed by atoms with E-state index < -0.39 is 0 Å². The van der Waals surface area contributed by atoms with Gasteiger partial charge < -0.3 is 0 Å². The van der Waals surface area contributed by atoms with E-state index in [4.69, 9.17) is 0 Å². The second-order valence-electron chi connectivity index (χ2n) is 4.75. The van der Waals surface area contributed by atoms with Crippen LogP contribution >= 0.6 is 0 Å². The highest BCUT2D eigenvalue weighted by molar-refractivity contribution is 4.69. The molecule has 0 aromatic heterocycles. The lowest BCUT2D eigenvalue weighted by Crippen LogP contribution is -2.08. The standard InChI is InChI=1S/C6H12.C5H10.C4H8.3CH4/c1-2-6-4-3-5-6;1-2-5-3-4-5;1-3-4-2;;;/h6H,2-5H2,1H3;5H,2-4H2,1H3;3H,1,4H2,2H3;3*1H4. The van der Waals surface area contributed by atoms with Crippen molar-refractivity contribution in [2.75, 3.05) is 0 Å². The van der Waals surface area contributed by atoms with Crippen LogP contribution in [0.3, 0.4) is 0 Å². The van der Waals surface area contributed by atoms with Gasteiger partial charge in [-0.25, -0.2) is 0 Å². The molecule has 0 radical (unpaired) electrons. The maximum absolute atomic E-state index is 3.48. The molecule has 0 unspecified atom stereocenters. The molecule has 2 saturated carbocycles. The van der Waals surface area contributed by atoms with Crippen molar-refractivity contribution in [3.8, 4) is 0 Å². The number of allylic oxidation sites excluding steroid dienone is 1. The fourth-order valence-electron chi connectivity index (χ4n) is 1.43. The van der Waals surface area contributed by atoms with Crippen LogP contribution in [-0.4, -0.2) is 0 Å². The summed E-state index contributed by atoms with van der Waals surface area (Å²) in [5.41, 5.74) is 0. The molecule has 0 spiro atoms. The first-order chi connectivity index (χ1) is 7.28. The van der Waals surface area contributed by atoms with Crippen molar-refractivity contribution in [2.24, 2.45) is 11.8 Å². The van der Waals surface area contributed by atoms with Gasteiger partial charge in [0.1, 0.15) is 0 Å².